The maximum Gasteiger partial charge on any atom is 0.216 e. The second kappa shape index (κ2) is 3.06. The third kappa shape index (κ3) is 1.37. The van der Waals surface area contributed by atoms with E-state index in [2.05, 4.69) is 15.2 Å². The van der Waals surface area contributed by atoms with Crippen LogP contribution in [0.15, 0.2) is 6.07 Å². The van der Waals surface area contributed by atoms with Gasteiger partial charge < -0.3 is 0 Å². The van der Waals surface area contributed by atoms with Crippen LogP contribution in [-0.4, -0.2) is 24.5 Å². The summed E-state index contributed by atoms with van der Waals surface area (Å²) >= 11 is 5.00. The van der Waals surface area contributed by atoms with Gasteiger partial charge in [-0.05, 0) is 25.2 Å². The van der Waals surface area contributed by atoms with Crippen molar-refractivity contribution in [3.05, 3.63) is 16.5 Å². The standard InChI is InChI=1S/C8H11N5S/c1-5-4-6(10-12(5)2)7-9-8(14)13(3)11-7/h4H,1-3H3,(H,9,11,14). The van der Waals surface area contributed by atoms with Gasteiger partial charge in [0.2, 0.25) is 4.77 Å². The van der Waals surface area contributed by atoms with E-state index in [1.165, 1.54) is 0 Å². The molecule has 0 amide bonds. The zero-order valence-corrected chi connectivity index (χ0v) is 9.09. The largest absolute Gasteiger partial charge is 0.278 e. The molecular formula is C8H11N5S. The summed E-state index contributed by atoms with van der Waals surface area (Å²) in [6.45, 7) is 1.99. The molecule has 2 rings (SSSR count). The normalized spacial score (nSPS) is 10.8. The van der Waals surface area contributed by atoms with Crippen LogP contribution in [-0.2, 0) is 14.1 Å². The number of nitrogens with one attached hydrogen (secondary N) is 1. The number of rotatable bonds is 1. The van der Waals surface area contributed by atoms with E-state index in [1.807, 2.05) is 27.1 Å². The number of hydrogen-bond acceptors (Lipinski definition) is 3. The molecule has 0 saturated carbocycles. The second-order valence-electron chi connectivity index (χ2n) is 3.21. The van der Waals surface area contributed by atoms with E-state index in [4.69, 9.17) is 12.2 Å². The Morgan fingerprint density at radius 1 is 1.43 bits per heavy atom. The Bertz CT molecular complexity index is 499. The lowest BCUT2D eigenvalue weighted by Crippen LogP contribution is -1.93. The summed E-state index contributed by atoms with van der Waals surface area (Å²) in [7, 11) is 3.73. The summed E-state index contributed by atoms with van der Waals surface area (Å²) in [5, 5.41) is 7.32. The van der Waals surface area contributed by atoms with Crippen LogP contribution in [0.4, 0.5) is 0 Å². The smallest absolute Gasteiger partial charge is 0.216 e. The molecule has 0 fully saturated rings. The fraction of sp³-hybridized carbons (Fsp3) is 0.375. The quantitative estimate of drug-likeness (QED) is 0.718. The van der Waals surface area contributed by atoms with Crippen LogP contribution in [0.25, 0.3) is 11.5 Å². The Kier molecular flexibility index (Phi) is 1.99. The maximum atomic E-state index is 5.00. The van der Waals surface area contributed by atoms with Crippen molar-refractivity contribution in [1.29, 1.82) is 0 Å². The van der Waals surface area contributed by atoms with Crippen molar-refractivity contribution in [3.63, 3.8) is 0 Å². The molecule has 5 nitrogen and oxygen atoms in total. The molecule has 2 aromatic rings. The molecule has 0 radical (unpaired) electrons. The third-order valence-electron chi connectivity index (χ3n) is 2.12. The van der Waals surface area contributed by atoms with Gasteiger partial charge in [0.05, 0.1) is 0 Å². The minimum atomic E-state index is 0.531. The Labute approximate surface area is 86.4 Å². The van der Waals surface area contributed by atoms with Crippen molar-refractivity contribution in [2.45, 2.75) is 6.92 Å². The second-order valence-corrected chi connectivity index (χ2v) is 3.57. The fourth-order valence-corrected chi connectivity index (χ4v) is 1.33. The highest BCUT2D eigenvalue weighted by Gasteiger charge is 2.07. The number of nitrogens with zero attached hydrogens (tertiary/aromatic N) is 4. The Morgan fingerprint density at radius 3 is 2.57 bits per heavy atom. The predicted octanol–water partition coefficient (Wildman–Crippen LogP) is 1.19. The molecule has 0 aliphatic carbocycles. The Hall–Kier alpha value is -1.43. The van der Waals surface area contributed by atoms with E-state index in [-0.39, 0.29) is 0 Å². The summed E-state index contributed by atoms with van der Waals surface area (Å²) in [4.78, 5) is 4.18. The molecule has 0 bridgehead atoms. The molecule has 74 valence electrons. The van der Waals surface area contributed by atoms with E-state index >= 15 is 0 Å². The summed E-state index contributed by atoms with van der Waals surface area (Å²) in [6.07, 6.45) is 0. The monoisotopic (exact) mass is 209 g/mol. The lowest BCUT2D eigenvalue weighted by Gasteiger charge is -1.89. The van der Waals surface area contributed by atoms with Crippen LogP contribution < -0.4 is 0 Å². The molecule has 0 unspecified atom stereocenters. The van der Waals surface area contributed by atoms with Gasteiger partial charge in [0, 0.05) is 19.8 Å². The van der Waals surface area contributed by atoms with Gasteiger partial charge in [0.25, 0.3) is 0 Å². The van der Waals surface area contributed by atoms with Gasteiger partial charge in [-0.3, -0.25) is 14.5 Å². The molecule has 0 spiro atoms. The third-order valence-corrected chi connectivity index (χ3v) is 2.49. The summed E-state index contributed by atoms with van der Waals surface area (Å²) in [5.74, 6) is 0.709. The highest BCUT2D eigenvalue weighted by Crippen LogP contribution is 2.13. The average molecular weight is 209 g/mol. The van der Waals surface area contributed by atoms with Crippen LogP contribution in [0, 0.1) is 11.7 Å². The Balaban J connectivity index is 2.54. The van der Waals surface area contributed by atoms with Crippen LogP contribution in [0.1, 0.15) is 5.69 Å². The molecule has 0 aromatic carbocycles. The lowest BCUT2D eigenvalue weighted by atomic mass is 10.3. The van der Waals surface area contributed by atoms with Crippen molar-refractivity contribution in [2.75, 3.05) is 0 Å². The van der Waals surface area contributed by atoms with Crippen molar-refractivity contribution in [1.82, 2.24) is 24.5 Å². The van der Waals surface area contributed by atoms with Crippen molar-refractivity contribution < 1.29 is 0 Å². The first kappa shape index (κ1) is 9.14. The van der Waals surface area contributed by atoms with E-state index in [0.717, 1.165) is 11.4 Å². The van der Waals surface area contributed by atoms with Crippen molar-refractivity contribution >= 4 is 12.2 Å². The van der Waals surface area contributed by atoms with E-state index in [9.17, 15) is 0 Å². The van der Waals surface area contributed by atoms with Gasteiger partial charge in [-0.1, -0.05) is 0 Å². The first-order chi connectivity index (χ1) is 6.58. The molecule has 0 aliphatic rings. The Morgan fingerprint density at radius 2 is 2.14 bits per heavy atom. The molecule has 0 aliphatic heterocycles. The zero-order chi connectivity index (χ0) is 10.3. The first-order valence-electron chi connectivity index (χ1n) is 4.22. The number of aromatic nitrogens is 5. The number of aryl methyl sites for hydroxylation is 3. The van der Waals surface area contributed by atoms with E-state index in [1.54, 1.807) is 9.36 Å². The summed E-state index contributed by atoms with van der Waals surface area (Å²) in [6, 6.07) is 1.97. The zero-order valence-electron chi connectivity index (χ0n) is 8.27. The van der Waals surface area contributed by atoms with Crippen LogP contribution >= 0.6 is 12.2 Å². The molecule has 1 N–H and O–H groups in total. The topological polar surface area (TPSA) is 51.4 Å². The van der Waals surface area contributed by atoms with Crippen LogP contribution in [0.2, 0.25) is 0 Å². The van der Waals surface area contributed by atoms with Gasteiger partial charge in [-0.2, -0.15) is 10.1 Å². The number of hydrogen-bond donors (Lipinski definition) is 1. The minimum Gasteiger partial charge on any atom is -0.278 e. The first-order valence-corrected chi connectivity index (χ1v) is 4.63. The van der Waals surface area contributed by atoms with Gasteiger partial charge in [-0.15, -0.1) is 0 Å². The molecule has 6 heteroatoms. The van der Waals surface area contributed by atoms with E-state index in [0.29, 0.717) is 10.6 Å². The molecule has 2 heterocycles. The molecule has 0 atom stereocenters. The highest BCUT2D eigenvalue weighted by atomic mass is 32.1. The van der Waals surface area contributed by atoms with Gasteiger partial charge >= 0.3 is 0 Å². The van der Waals surface area contributed by atoms with Gasteiger partial charge in [0.1, 0.15) is 5.69 Å². The van der Waals surface area contributed by atoms with Gasteiger partial charge in [-0.25, -0.2) is 0 Å². The fourth-order valence-electron chi connectivity index (χ4n) is 1.19. The minimum absolute atomic E-state index is 0.531. The van der Waals surface area contributed by atoms with Gasteiger partial charge in [0.15, 0.2) is 5.82 Å². The molecule has 0 saturated heterocycles. The van der Waals surface area contributed by atoms with Crippen LogP contribution in [0.3, 0.4) is 0 Å². The highest BCUT2D eigenvalue weighted by molar-refractivity contribution is 7.71. The van der Waals surface area contributed by atoms with Crippen molar-refractivity contribution in [2.24, 2.45) is 14.1 Å². The maximum absolute atomic E-state index is 5.00. The van der Waals surface area contributed by atoms with Crippen LogP contribution in [0.5, 0.6) is 0 Å². The average Bonchev–Trinajstić information content (AvgIpc) is 2.60. The summed E-state index contributed by atoms with van der Waals surface area (Å²) in [5.41, 5.74) is 1.90. The predicted molar refractivity (Wildman–Crippen MR) is 55.3 cm³/mol. The SMILES string of the molecule is Cc1cc(-c2nc(=S)n(C)[nH]2)nn1C. The van der Waals surface area contributed by atoms with Crippen molar-refractivity contribution in [3.8, 4) is 11.5 Å². The molecule has 14 heavy (non-hydrogen) atoms. The lowest BCUT2D eigenvalue weighted by molar-refractivity contribution is 0.735. The number of aromatic amines is 1. The molecule has 2 aromatic heterocycles. The van der Waals surface area contributed by atoms with E-state index < -0.39 is 0 Å². The number of H-pyrrole nitrogens is 1. The summed E-state index contributed by atoms with van der Waals surface area (Å²) < 4.78 is 4.03. The molecular weight excluding hydrogens is 198 g/mol.